The fourth-order valence-electron chi connectivity index (χ4n) is 1.43. The number of hydrogen-bond acceptors (Lipinski definition) is 1. The molecule has 1 aromatic rings. The van der Waals surface area contributed by atoms with Crippen LogP contribution >= 0.6 is 0 Å². The Kier molecular flexibility index (Phi) is 2.66. The molecule has 0 unspecified atom stereocenters. The van der Waals surface area contributed by atoms with E-state index in [9.17, 15) is 0 Å². The molecule has 0 saturated heterocycles. The summed E-state index contributed by atoms with van der Waals surface area (Å²) in [6.45, 7) is 4.08. The van der Waals surface area contributed by atoms with Gasteiger partial charge in [-0.1, -0.05) is 23.8 Å². The molecular formula is C14H13N. The average Bonchev–Trinajstić information content (AvgIpc) is 2.74. The van der Waals surface area contributed by atoms with Crippen molar-refractivity contribution < 1.29 is 0 Å². The van der Waals surface area contributed by atoms with Crippen LogP contribution in [0, 0.1) is 6.92 Å². The third kappa shape index (κ3) is 2.34. The number of nitrogens with zero attached hydrogens (tertiary/aromatic N) is 1. The van der Waals surface area contributed by atoms with Crippen molar-refractivity contribution in [2.24, 2.45) is 4.99 Å². The van der Waals surface area contributed by atoms with E-state index in [1.807, 2.05) is 37.3 Å². The molecule has 1 aliphatic carbocycles. The Morgan fingerprint density at radius 2 is 1.93 bits per heavy atom. The maximum Gasteiger partial charge on any atom is 0.0633 e. The number of allylic oxidation sites excluding steroid dienone is 3. The summed E-state index contributed by atoms with van der Waals surface area (Å²) in [6, 6.07) is 8.20. The minimum atomic E-state index is 0.993. The van der Waals surface area contributed by atoms with Crippen LogP contribution in [-0.4, -0.2) is 5.71 Å². The van der Waals surface area contributed by atoms with Crippen molar-refractivity contribution in [1.82, 2.24) is 0 Å². The van der Waals surface area contributed by atoms with E-state index in [0.29, 0.717) is 0 Å². The second kappa shape index (κ2) is 4.12. The average molecular weight is 195 g/mol. The fraction of sp³-hybridized carbons (Fsp3) is 0.143. The molecule has 1 heteroatoms. The molecule has 0 saturated carbocycles. The molecule has 1 aromatic carbocycles. The van der Waals surface area contributed by atoms with E-state index in [0.717, 1.165) is 17.0 Å². The van der Waals surface area contributed by atoms with Gasteiger partial charge in [-0.3, -0.25) is 4.99 Å². The lowest BCUT2D eigenvalue weighted by atomic mass is 10.2. The lowest BCUT2D eigenvalue weighted by molar-refractivity contribution is 1.42. The first-order valence-corrected chi connectivity index (χ1v) is 5.01. The van der Waals surface area contributed by atoms with Gasteiger partial charge in [-0.2, -0.15) is 0 Å². The SMILES string of the molecule is CC(=Nc1ccc(C)cc1)C1=C=CC=C1. The third-order valence-electron chi connectivity index (χ3n) is 2.32. The minimum Gasteiger partial charge on any atom is -0.252 e. The van der Waals surface area contributed by atoms with Gasteiger partial charge in [0.2, 0.25) is 0 Å². The van der Waals surface area contributed by atoms with E-state index < -0.39 is 0 Å². The Morgan fingerprint density at radius 3 is 2.53 bits per heavy atom. The summed E-state index contributed by atoms with van der Waals surface area (Å²) < 4.78 is 0. The van der Waals surface area contributed by atoms with Crippen LogP contribution in [0.25, 0.3) is 0 Å². The predicted molar refractivity (Wildman–Crippen MR) is 64.7 cm³/mol. The molecule has 0 bridgehead atoms. The molecular weight excluding hydrogens is 182 g/mol. The summed E-state index contributed by atoms with van der Waals surface area (Å²) in [5.74, 6) is 0. The topological polar surface area (TPSA) is 12.4 Å². The summed E-state index contributed by atoms with van der Waals surface area (Å²) in [7, 11) is 0. The number of aryl methyl sites for hydroxylation is 1. The summed E-state index contributed by atoms with van der Waals surface area (Å²) >= 11 is 0. The Bertz CT molecular complexity index is 481. The first kappa shape index (κ1) is 9.70. The van der Waals surface area contributed by atoms with Gasteiger partial charge in [0.25, 0.3) is 0 Å². The van der Waals surface area contributed by atoms with Crippen molar-refractivity contribution in [3.63, 3.8) is 0 Å². The molecule has 0 aromatic heterocycles. The molecule has 1 nitrogen and oxygen atoms in total. The standard InChI is InChI=1S/C14H13N/c1-11-7-9-14(10-8-11)15-12(2)13-5-3-4-6-13/h3-5,7-10H,1-2H3. The van der Waals surface area contributed by atoms with Crippen molar-refractivity contribution >= 4 is 11.4 Å². The number of rotatable bonds is 2. The third-order valence-corrected chi connectivity index (χ3v) is 2.32. The molecule has 0 amide bonds. The molecule has 0 spiro atoms. The largest absolute Gasteiger partial charge is 0.252 e. The molecule has 15 heavy (non-hydrogen) atoms. The first-order chi connectivity index (χ1) is 7.25. The van der Waals surface area contributed by atoms with Gasteiger partial charge in [0, 0.05) is 5.57 Å². The monoisotopic (exact) mass is 195 g/mol. The van der Waals surface area contributed by atoms with Crippen molar-refractivity contribution in [1.29, 1.82) is 0 Å². The molecule has 2 rings (SSSR count). The highest BCUT2D eigenvalue weighted by atomic mass is 14.7. The Balaban J connectivity index is 2.26. The van der Waals surface area contributed by atoms with E-state index in [1.165, 1.54) is 5.56 Å². The molecule has 74 valence electrons. The van der Waals surface area contributed by atoms with E-state index >= 15 is 0 Å². The van der Waals surface area contributed by atoms with Crippen LogP contribution in [0.3, 0.4) is 0 Å². The molecule has 0 N–H and O–H groups in total. The maximum absolute atomic E-state index is 4.53. The quantitative estimate of drug-likeness (QED) is 0.503. The second-order valence-corrected chi connectivity index (χ2v) is 3.62. The lowest BCUT2D eigenvalue weighted by Crippen LogP contribution is -1.91. The van der Waals surface area contributed by atoms with Crippen molar-refractivity contribution in [3.05, 3.63) is 59.4 Å². The summed E-state index contributed by atoms with van der Waals surface area (Å²) in [5.41, 5.74) is 7.46. The van der Waals surface area contributed by atoms with Gasteiger partial charge in [0.15, 0.2) is 0 Å². The molecule has 0 fully saturated rings. The smallest absolute Gasteiger partial charge is 0.0633 e. The Labute approximate surface area is 90.2 Å². The lowest BCUT2D eigenvalue weighted by Gasteiger charge is -1.99. The zero-order valence-corrected chi connectivity index (χ0v) is 8.99. The number of aliphatic imine (C=N–C) groups is 1. The van der Waals surface area contributed by atoms with Crippen LogP contribution < -0.4 is 0 Å². The fourth-order valence-corrected chi connectivity index (χ4v) is 1.43. The van der Waals surface area contributed by atoms with Crippen molar-refractivity contribution in [2.45, 2.75) is 13.8 Å². The summed E-state index contributed by atoms with van der Waals surface area (Å²) in [5, 5.41) is 0. The zero-order chi connectivity index (χ0) is 10.7. The summed E-state index contributed by atoms with van der Waals surface area (Å²) in [6.07, 6.45) is 5.90. The van der Waals surface area contributed by atoms with Gasteiger partial charge >= 0.3 is 0 Å². The Morgan fingerprint density at radius 1 is 1.20 bits per heavy atom. The van der Waals surface area contributed by atoms with Gasteiger partial charge in [0.05, 0.1) is 11.4 Å². The molecule has 1 aliphatic rings. The second-order valence-electron chi connectivity index (χ2n) is 3.62. The van der Waals surface area contributed by atoms with Gasteiger partial charge in [-0.15, -0.1) is 5.73 Å². The van der Waals surface area contributed by atoms with Crippen molar-refractivity contribution in [2.75, 3.05) is 0 Å². The van der Waals surface area contributed by atoms with Crippen LogP contribution in [0.15, 0.2) is 58.8 Å². The van der Waals surface area contributed by atoms with E-state index in [4.69, 9.17) is 0 Å². The highest BCUT2D eigenvalue weighted by molar-refractivity contribution is 6.02. The molecule has 0 heterocycles. The molecule has 0 radical (unpaired) electrons. The van der Waals surface area contributed by atoms with Crippen molar-refractivity contribution in [3.8, 4) is 0 Å². The zero-order valence-electron chi connectivity index (χ0n) is 8.99. The van der Waals surface area contributed by atoms with Crippen LogP contribution in [0.1, 0.15) is 12.5 Å². The highest BCUT2D eigenvalue weighted by Gasteiger charge is 1.99. The highest BCUT2D eigenvalue weighted by Crippen LogP contribution is 2.15. The van der Waals surface area contributed by atoms with E-state index in [2.05, 4.69) is 29.8 Å². The number of hydrogen-bond donors (Lipinski definition) is 0. The minimum absolute atomic E-state index is 0.993. The van der Waals surface area contributed by atoms with Gasteiger partial charge < -0.3 is 0 Å². The van der Waals surface area contributed by atoms with Gasteiger partial charge in [-0.05, 0) is 38.1 Å². The van der Waals surface area contributed by atoms with Crippen LogP contribution in [-0.2, 0) is 0 Å². The first-order valence-electron chi connectivity index (χ1n) is 5.01. The van der Waals surface area contributed by atoms with E-state index in [1.54, 1.807) is 0 Å². The summed E-state index contributed by atoms with van der Waals surface area (Å²) in [4.78, 5) is 4.53. The maximum atomic E-state index is 4.53. The van der Waals surface area contributed by atoms with Gasteiger partial charge in [-0.25, -0.2) is 0 Å². The van der Waals surface area contributed by atoms with Gasteiger partial charge in [0.1, 0.15) is 0 Å². The van der Waals surface area contributed by atoms with Crippen LogP contribution in [0.2, 0.25) is 0 Å². The number of benzene rings is 1. The molecule has 0 atom stereocenters. The molecule has 0 aliphatic heterocycles. The van der Waals surface area contributed by atoms with E-state index in [-0.39, 0.29) is 0 Å². The van der Waals surface area contributed by atoms with Crippen LogP contribution in [0.5, 0.6) is 0 Å². The Hall–Kier alpha value is -1.85. The predicted octanol–water partition coefficient (Wildman–Crippen LogP) is 3.74. The van der Waals surface area contributed by atoms with Crippen LogP contribution in [0.4, 0.5) is 5.69 Å². The normalized spacial score (nSPS) is 14.5.